The van der Waals surface area contributed by atoms with E-state index >= 15 is 0 Å². The van der Waals surface area contributed by atoms with Crippen molar-refractivity contribution in [2.45, 2.75) is 26.3 Å². The highest BCUT2D eigenvalue weighted by molar-refractivity contribution is 5.96. The van der Waals surface area contributed by atoms with Crippen LogP contribution >= 0.6 is 0 Å². The average molecular weight is 346 g/mol. The second-order valence-corrected chi connectivity index (χ2v) is 7.30. The highest BCUT2D eigenvalue weighted by Gasteiger charge is 2.41. The van der Waals surface area contributed by atoms with E-state index in [0.717, 1.165) is 0 Å². The zero-order valence-corrected chi connectivity index (χ0v) is 15.1. The van der Waals surface area contributed by atoms with E-state index in [4.69, 9.17) is 0 Å². The van der Waals surface area contributed by atoms with Gasteiger partial charge >= 0.3 is 0 Å². The Labute approximate surface area is 148 Å². The Morgan fingerprint density at radius 3 is 2.64 bits per heavy atom. The molecule has 2 aliphatic rings. The fourth-order valence-electron chi connectivity index (χ4n) is 3.67. The summed E-state index contributed by atoms with van der Waals surface area (Å²) in [6.07, 6.45) is 2.33. The number of piperazine rings is 1. The van der Waals surface area contributed by atoms with Crippen LogP contribution in [0.3, 0.4) is 0 Å². The van der Waals surface area contributed by atoms with Gasteiger partial charge in [-0.05, 0) is 24.5 Å². The number of nitrogens with zero attached hydrogens (tertiary/aromatic N) is 4. The van der Waals surface area contributed by atoms with Crippen LogP contribution in [0, 0.1) is 5.92 Å². The SMILES string of the molecule is CC(C)CN1CC(=O)N2CCN(C(=O)c3cccn3C)CCC2C1=O. The second-order valence-electron chi connectivity index (χ2n) is 7.30. The molecule has 3 amide bonds. The van der Waals surface area contributed by atoms with E-state index in [1.165, 1.54) is 0 Å². The number of hydrogen-bond donors (Lipinski definition) is 0. The average Bonchev–Trinajstić information content (AvgIpc) is 2.85. The number of rotatable bonds is 3. The molecule has 0 radical (unpaired) electrons. The molecule has 2 aliphatic heterocycles. The number of amides is 3. The molecular weight excluding hydrogens is 320 g/mol. The first-order valence-electron chi connectivity index (χ1n) is 8.87. The maximum absolute atomic E-state index is 12.8. The molecule has 3 rings (SSSR count). The molecule has 0 spiro atoms. The number of aromatic nitrogens is 1. The van der Waals surface area contributed by atoms with E-state index in [0.29, 0.717) is 44.2 Å². The van der Waals surface area contributed by atoms with E-state index in [1.807, 2.05) is 33.2 Å². The second kappa shape index (κ2) is 6.90. The Morgan fingerprint density at radius 2 is 2.00 bits per heavy atom. The van der Waals surface area contributed by atoms with Gasteiger partial charge in [0.25, 0.3) is 5.91 Å². The van der Waals surface area contributed by atoms with Gasteiger partial charge in [0.1, 0.15) is 11.7 Å². The van der Waals surface area contributed by atoms with Gasteiger partial charge in [0.15, 0.2) is 0 Å². The number of hydrogen-bond acceptors (Lipinski definition) is 3. The molecule has 0 aliphatic carbocycles. The molecule has 1 aromatic heterocycles. The molecule has 3 heterocycles. The predicted molar refractivity (Wildman–Crippen MR) is 92.9 cm³/mol. The maximum Gasteiger partial charge on any atom is 0.270 e. The molecule has 1 atom stereocenters. The van der Waals surface area contributed by atoms with Gasteiger partial charge in [-0.2, -0.15) is 0 Å². The maximum atomic E-state index is 12.8. The summed E-state index contributed by atoms with van der Waals surface area (Å²) in [5.74, 6) is 0.274. The monoisotopic (exact) mass is 346 g/mol. The van der Waals surface area contributed by atoms with E-state index in [9.17, 15) is 14.4 Å². The lowest BCUT2D eigenvalue weighted by atomic mass is 10.1. The van der Waals surface area contributed by atoms with Gasteiger partial charge in [-0.15, -0.1) is 0 Å². The summed E-state index contributed by atoms with van der Waals surface area (Å²) in [4.78, 5) is 43.1. The minimum Gasteiger partial charge on any atom is -0.347 e. The van der Waals surface area contributed by atoms with Crippen molar-refractivity contribution in [2.75, 3.05) is 32.7 Å². The Bertz CT molecular complexity index is 682. The van der Waals surface area contributed by atoms with Crippen molar-refractivity contribution in [3.05, 3.63) is 24.0 Å². The standard InChI is InChI=1S/C18H26N4O3/c1-13(2)11-21-12-16(23)22-10-9-20(8-6-15(22)18(21)25)17(24)14-5-4-7-19(14)3/h4-5,7,13,15H,6,8-12H2,1-3H3. The largest absolute Gasteiger partial charge is 0.347 e. The van der Waals surface area contributed by atoms with Gasteiger partial charge in [0.05, 0.1) is 6.54 Å². The van der Waals surface area contributed by atoms with Crippen molar-refractivity contribution in [2.24, 2.45) is 13.0 Å². The Morgan fingerprint density at radius 1 is 1.24 bits per heavy atom. The molecule has 7 heteroatoms. The van der Waals surface area contributed by atoms with E-state index in [-0.39, 0.29) is 24.3 Å². The topological polar surface area (TPSA) is 65.9 Å². The quantitative estimate of drug-likeness (QED) is 0.804. The van der Waals surface area contributed by atoms with Crippen LogP contribution in [-0.2, 0) is 16.6 Å². The van der Waals surface area contributed by atoms with Crippen LogP contribution in [0.4, 0.5) is 0 Å². The molecule has 1 unspecified atom stereocenters. The number of carbonyl (C=O) groups is 3. The molecule has 0 N–H and O–H groups in total. The van der Waals surface area contributed by atoms with Crippen molar-refractivity contribution in [3.8, 4) is 0 Å². The Hall–Kier alpha value is -2.31. The number of fused-ring (bicyclic) bond motifs is 1. The zero-order chi connectivity index (χ0) is 18.1. The first kappa shape index (κ1) is 17.5. The van der Waals surface area contributed by atoms with Gasteiger partial charge in [-0.1, -0.05) is 13.8 Å². The number of carbonyl (C=O) groups excluding carboxylic acids is 3. The lowest BCUT2D eigenvalue weighted by Gasteiger charge is -2.39. The van der Waals surface area contributed by atoms with Crippen LogP contribution in [0.2, 0.25) is 0 Å². The lowest BCUT2D eigenvalue weighted by Crippen LogP contribution is -2.60. The number of aryl methyl sites for hydroxylation is 1. The normalized spacial score (nSPS) is 21.6. The van der Waals surface area contributed by atoms with Gasteiger partial charge in [-0.25, -0.2) is 0 Å². The van der Waals surface area contributed by atoms with Gasteiger partial charge in [0.2, 0.25) is 11.8 Å². The molecule has 2 fully saturated rings. The first-order chi connectivity index (χ1) is 11.9. The van der Waals surface area contributed by atoms with Crippen molar-refractivity contribution in [3.63, 3.8) is 0 Å². The molecule has 0 bridgehead atoms. The van der Waals surface area contributed by atoms with Crippen molar-refractivity contribution < 1.29 is 14.4 Å². The third-order valence-corrected chi connectivity index (χ3v) is 4.94. The highest BCUT2D eigenvalue weighted by Crippen LogP contribution is 2.21. The van der Waals surface area contributed by atoms with Crippen molar-refractivity contribution in [1.82, 2.24) is 19.3 Å². The summed E-state index contributed by atoms with van der Waals surface area (Å²) in [6.45, 7) is 6.19. The molecule has 25 heavy (non-hydrogen) atoms. The first-order valence-corrected chi connectivity index (χ1v) is 8.87. The predicted octanol–water partition coefficient (Wildman–Crippen LogP) is 0.566. The van der Waals surface area contributed by atoms with Gasteiger partial charge in [0, 0.05) is 39.4 Å². The summed E-state index contributed by atoms with van der Waals surface area (Å²) in [5.41, 5.74) is 0.624. The third kappa shape index (κ3) is 3.41. The fraction of sp³-hybridized carbons (Fsp3) is 0.611. The van der Waals surface area contributed by atoms with Crippen LogP contribution in [0.15, 0.2) is 18.3 Å². The molecule has 0 saturated carbocycles. The summed E-state index contributed by atoms with van der Waals surface area (Å²) in [7, 11) is 1.84. The molecule has 136 valence electrons. The third-order valence-electron chi connectivity index (χ3n) is 4.94. The lowest BCUT2D eigenvalue weighted by molar-refractivity contribution is -0.156. The van der Waals surface area contributed by atoms with Gasteiger partial charge < -0.3 is 19.3 Å². The summed E-state index contributed by atoms with van der Waals surface area (Å²) in [6, 6.07) is 3.19. The van der Waals surface area contributed by atoms with E-state index in [2.05, 4.69) is 0 Å². The molecule has 1 aromatic rings. The zero-order valence-electron chi connectivity index (χ0n) is 15.1. The Balaban J connectivity index is 1.74. The Kier molecular flexibility index (Phi) is 4.83. The smallest absolute Gasteiger partial charge is 0.270 e. The van der Waals surface area contributed by atoms with E-state index < -0.39 is 6.04 Å². The van der Waals surface area contributed by atoms with Gasteiger partial charge in [-0.3, -0.25) is 14.4 Å². The van der Waals surface area contributed by atoms with Crippen LogP contribution < -0.4 is 0 Å². The van der Waals surface area contributed by atoms with Crippen LogP contribution in [0.5, 0.6) is 0 Å². The van der Waals surface area contributed by atoms with Crippen LogP contribution in [0.1, 0.15) is 30.8 Å². The van der Waals surface area contributed by atoms with Crippen LogP contribution in [0.25, 0.3) is 0 Å². The van der Waals surface area contributed by atoms with Crippen LogP contribution in [-0.4, -0.2) is 75.8 Å². The fourth-order valence-corrected chi connectivity index (χ4v) is 3.67. The minimum absolute atomic E-state index is 0.0152. The molecule has 0 aromatic carbocycles. The minimum atomic E-state index is -0.439. The summed E-state index contributed by atoms with van der Waals surface area (Å²) >= 11 is 0. The van der Waals surface area contributed by atoms with Crippen molar-refractivity contribution >= 4 is 17.7 Å². The highest BCUT2D eigenvalue weighted by atomic mass is 16.2. The molecular formula is C18H26N4O3. The molecule has 2 saturated heterocycles. The molecule has 7 nitrogen and oxygen atoms in total. The summed E-state index contributed by atoms with van der Waals surface area (Å²) < 4.78 is 1.79. The summed E-state index contributed by atoms with van der Waals surface area (Å²) in [5, 5.41) is 0. The van der Waals surface area contributed by atoms with E-state index in [1.54, 1.807) is 25.3 Å². The van der Waals surface area contributed by atoms with Crippen molar-refractivity contribution in [1.29, 1.82) is 0 Å².